The van der Waals surface area contributed by atoms with Gasteiger partial charge in [-0.25, -0.2) is 0 Å². The minimum Gasteiger partial charge on any atom is -0.322 e. The number of ketones is 1. The van der Waals surface area contributed by atoms with Crippen LogP contribution in [0.5, 0.6) is 0 Å². The molecule has 118 valence electrons. The van der Waals surface area contributed by atoms with Gasteiger partial charge in [-0.1, -0.05) is 29.8 Å². The highest BCUT2D eigenvalue weighted by Crippen LogP contribution is 2.27. The van der Waals surface area contributed by atoms with Crippen molar-refractivity contribution in [2.45, 2.75) is 19.8 Å². The average Bonchev–Trinajstić information content (AvgIpc) is 2.56. The monoisotopic (exact) mass is 327 g/mol. The van der Waals surface area contributed by atoms with E-state index < -0.39 is 0 Å². The van der Waals surface area contributed by atoms with Crippen LogP contribution in [0, 0.1) is 0 Å². The number of para-hydroxylation sites is 1. The number of Topliss-reactive ketones (excluding diaryl/α,β-unsaturated/α-hetero) is 1. The van der Waals surface area contributed by atoms with Crippen LogP contribution in [0.15, 0.2) is 53.6 Å². The van der Waals surface area contributed by atoms with Crippen molar-refractivity contribution in [2.24, 2.45) is 5.10 Å². The maximum absolute atomic E-state index is 12.1. The summed E-state index contributed by atoms with van der Waals surface area (Å²) in [6.45, 7) is 2.33. The van der Waals surface area contributed by atoms with Crippen LogP contribution >= 0.6 is 11.6 Å². The zero-order chi connectivity index (χ0) is 16.2. The number of amidine groups is 1. The van der Waals surface area contributed by atoms with Crippen molar-refractivity contribution in [2.75, 3.05) is 16.9 Å². The number of hydrogen-bond acceptors (Lipinski definition) is 3. The van der Waals surface area contributed by atoms with Gasteiger partial charge in [0.25, 0.3) is 0 Å². The molecule has 1 aliphatic heterocycles. The van der Waals surface area contributed by atoms with Gasteiger partial charge in [0.05, 0.1) is 5.69 Å². The Hall–Kier alpha value is -2.33. The first-order chi connectivity index (χ1) is 11.1. The minimum absolute atomic E-state index is 0.0665. The molecule has 4 nitrogen and oxygen atoms in total. The van der Waals surface area contributed by atoms with E-state index in [4.69, 9.17) is 11.6 Å². The second-order valence-corrected chi connectivity index (χ2v) is 5.93. The van der Waals surface area contributed by atoms with Crippen molar-refractivity contribution in [3.63, 3.8) is 0 Å². The Morgan fingerprint density at radius 3 is 2.65 bits per heavy atom. The van der Waals surface area contributed by atoms with Gasteiger partial charge in [0.15, 0.2) is 11.6 Å². The molecule has 1 heterocycles. The number of carbonyl (C=O) groups excluding carboxylic acids is 1. The van der Waals surface area contributed by atoms with E-state index in [1.165, 1.54) is 5.56 Å². The van der Waals surface area contributed by atoms with E-state index in [2.05, 4.69) is 16.6 Å². The van der Waals surface area contributed by atoms with Crippen LogP contribution in [0.25, 0.3) is 0 Å². The van der Waals surface area contributed by atoms with Crippen molar-refractivity contribution in [1.29, 1.82) is 0 Å². The van der Waals surface area contributed by atoms with Gasteiger partial charge in [-0.2, -0.15) is 5.10 Å². The van der Waals surface area contributed by atoms with E-state index in [1.807, 2.05) is 35.2 Å². The zero-order valence-electron chi connectivity index (χ0n) is 12.9. The van der Waals surface area contributed by atoms with Crippen LogP contribution < -0.4 is 10.3 Å². The highest BCUT2D eigenvalue weighted by atomic mass is 35.5. The molecule has 1 aliphatic rings. The van der Waals surface area contributed by atoms with Crippen LogP contribution in [0.3, 0.4) is 0 Å². The number of carbonyl (C=O) groups is 1. The highest BCUT2D eigenvalue weighted by molar-refractivity contribution is 6.43. The van der Waals surface area contributed by atoms with E-state index in [0.717, 1.165) is 30.8 Å². The standard InChI is InChI=1S/C18H18ClN3O/c1-13(23)18(21-20-16-10-8-15(19)9-11-16)22-12-4-6-14-5-2-3-7-17(14)22/h2-3,5,7-11,20H,4,6,12H2,1H3/b21-18-. The molecule has 0 aromatic heterocycles. The molecular formula is C18H18ClN3O. The lowest BCUT2D eigenvalue weighted by atomic mass is 10.0. The fraction of sp³-hybridized carbons (Fsp3) is 0.222. The van der Waals surface area contributed by atoms with E-state index in [0.29, 0.717) is 10.9 Å². The Kier molecular flexibility index (Phi) is 4.63. The largest absolute Gasteiger partial charge is 0.322 e. The molecular weight excluding hydrogens is 310 g/mol. The molecule has 0 atom stereocenters. The van der Waals surface area contributed by atoms with Crippen LogP contribution in [-0.2, 0) is 11.2 Å². The van der Waals surface area contributed by atoms with Gasteiger partial charge >= 0.3 is 0 Å². The van der Waals surface area contributed by atoms with Crippen LogP contribution in [-0.4, -0.2) is 18.2 Å². The Morgan fingerprint density at radius 1 is 1.17 bits per heavy atom. The molecule has 0 aliphatic carbocycles. The molecule has 0 saturated carbocycles. The number of nitrogens with one attached hydrogen (secondary N) is 1. The first kappa shape index (κ1) is 15.6. The third-order valence-corrected chi connectivity index (χ3v) is 4.07. The summed E-state index contributed by atoms with van der Waals surface area (Å²) >= 11 is 5.88. The quantitative estimate of drug-likeness (QED) is 0.524. The molecule has 0 fully saturated rings. The normalized spacial score (nSPS) is 14.3. The number of fused-ring (bicyclic) bond motifs is 1. The molecule has 2 aromatic rings. The van der Waals surface area contributed by atoms with Crippen molar-refractivity contribution in [3.05, 3.63) is 59.1 Å². The molecule has 5 heteroatoms. The van der Waals surface area contributed by atoms with E-state index in [9.17, 15) is 4.79 Å². The lowest BCUT2D eigenvalue weighted by Crippen LogP contribution is -2.39. The van der Waals surface area contributed by atoms with Crippen molar-refractivity contribution >= 4 is 34.6 Å². The number of aryl methyl sites for hydroxylation is 1. The summed E-state index contributed by atoms with van der Waals surface area (Å²) in [5, 5.41) is 5.01. The summed E-state index contributed by atoms with van der Waals surface area (Å²) in [6, 6.07) is 15.4. The molecule has 0 bridgehead atoms. The number of nitrogens with zero attached hydrogens (tertiary/aromatic N) is 2. The SMILES string of the molecule is CC(=O)/C(=N/Nc1ccc(Cl)cc1)N1CCCc2ccccc21. The zero-order valence-corrected chi connectivity index (χ0v) is 13.7. The number of halogens is 1. The van der Waals surface area contributed by atoms with Gasteiger partial charge in [-0.05, 0) is 48.7 Å². The Labute approximate surface area is 140 Å². The number of rotatable bonds is 3. The second-order valence-electron chi connectivity index (χ2n) is 5.49. The molecule has 0 saturated heterocycles. The van der Waals surface area contributed by atoms with E-state index >= 15 is 0 Å². The van der Waals surface area contributed by atoms with Gasteiger partial charge in [-0.3, -0.25) is 10.2 Å². The maximum atomic E-state index is 12.1. The summed E-state index contributed by atoms with van der Waals surface area (Å²) < 4.78 is 0. The Morgan fingerprint density at radius 2 is 1.91 bits per heavy atom. The van der Waals surface area contributed by atoms with E-state index in [1.54, 1.807) is 19.1 Å². The first-order valence-electron chi connectivity index (χ1n) is 7.61. The summed E-state index contributed by atoms with van der Waals surface area (Å²) in [4.78, 5) is 14.1. The smallest absolute Gasteiger partial charge is 0.197 e. The summed E-state index contributed by atoms with van der Waals surface area (Å²) in [5.74, 6) is 0.357. The fourth-order valence-corrected chi connectivity index (χ4v) is 2.85. The first-order valence-corrected chi connectivity index (χ1v) is 7.98. The van der Waals surface area contributed by atoms with Crippen molar-refractivity contribution in [1.82, 2.24) is 0 Å². The molecule has 0 radical (unpaired) electrons. The lowest BCUT2D eigenvalue weighted by Gasteiger charge is -2.30. The fourth-order valence-electron chi connectivity index (χ4n) is 2.72. The van der Waals surface area contributed by atoms with Gasteiger partial charge in [0.1, 0.15) is 0 Å². The Bertz CT molecular complexity index is 740. The van der Waals surface area contributed by atoms with Crippen molar-refractivity contribution in [3.8, 4) is 0 Å². The molecule has 2 aromatic carbocycles. The molecule has 3 rings (SSSR count). The topological polar surface area (TPSA) is 44.7 Å². The number of hydrazone groups is 1. The van der Waals surface area contributed by atoms with Gasteiger partial charge in [0, 0.05) is 24.2 Å². The average molecular weight is 328 g/mol. The highest BCUT2D eigenvalue weighted by Gasteiger charge is 2.23. The van der Waals surface area contributed by atoms with Gasteiger partial charge < -0.3 is 4.90 Å². The number of hydrogen-bond donors (Lipinski definition) is 1. The van der Waals surface area contributed by atoms with Crippen LogP contribution in [0.1, 0.15) is 18.9 Å². The second kappa shape index (κ2) is 6.84. The third kappa shape index (κ3) is 3.54. The van der Waals surface area contributed by atoms with Gasteiger partial charge in [0.2, 0.25) is 0 Å². The van der Waals surface area contributed by atoms with Crippen LogP contribution in [0.2, 0.25) is 5.02 Å². The minimum atomic E-state index is -0.0665. The molecule has 23 heavy (non-hydrogen) atoms. The van der Waals surface area contributed by atoms with E-state index in [-0.39, 0.29) is 5.78 Å². The summed E-state index contributed by atoms with van der Waals surface area (Å²) in [7, 11) is 0. The molecule has 1 N–H and O–H groups in total. The maximum Gasteiger partial charge on any atom is 0.197 e. The summed E-state index contributed by atoms with van der Waals surface area (Å²) in [6.07, 6.45) is 2.03. The van der Waals surface area contributed by atoms with Gasteiger partial charge in [-0.15, -0.1) is 0 Å². The third-order valence-electron chi connectivity index (χ3n) is 3.82. The predicted molar refractivity (Wildman–Crippen MR) is 95.3 cm³/mol. The number of benzene rings is 2. The number of anilines is 2. The molecule has 0 unspecified atom stereocenters. The summed E-state index contributed by atoms with van der Waals surface area (Å²) in [5.41, 5.74) is 6.05. The molecule has 0 spiro atoms. The molecule has 0 amide bonds. The predicted octanol–water partition coefficient (Wildman–Crippen LogP) is 4.11. The lowest BCUT2D eigenvalue weighted by molar-refractivity contribution is -0.111. The van der Waals surface area contributed by atoms with Crippen LogP contribution in [0.4, 0.5) is 11.4 Å². The Balaban J connectivity index is 1.89. The van der Waals surface area contributed by atoms with Crippen molar-refractivity contribution < 1.29 is 4.79 Å².